The van der Waals surface area contributed by atoms with Crippen molar-refractivity contribution in [2.24, 2.45) is 5.73 Å². The SMILES string of the molecule is C#CC(C)NC(CN)c1ccc(F)c(C)c1. The minimum atomic E-state index is -0.204. The smallest absolute Gasteiger partial charge is 0.126 e. The molecule has 1 aromatic carbocycles. The van der Waals surface area contributed by atoms with Gasteiger partial charge in [0.25, 0.3) is 0 Å². The maximum Gasteiger partial charge on any atom is 0.126 e. The fraction of sp³-hybridized carbons (Fsp3) is 0.385. The molecule has 0 aromatic heterocycles. The number of terminal acetylenes is 1. The van der Waals surface area contributed by atoms with Crippen molar-refractivity contribution in [3.8, 4) is 12.3 Å². The molecule has 2 atom stereocenters. The van der Waals surface area contributed by atoms with Crippen molar-refractivity contribution < 1.29 is 4.39 Å². The predicted molar refractivity (Wildman–Crippen MR) is 64.4 cm³/mol. The van der Waals surface area contributed by atoms with E-state index in [0.717, 1.165) is 5.56 Å². The van der Waals surface area contributed by atoms with Crippen LogP contribution in [0.15, 0.2) is 18.2 Å². The molecule has 86 valence electrons. The molecular formula is C13H17FN2. The van der Waals surface area contributed by atoms with Gasteiger partial charge in [-0.3, -0.25) is 5.32 Å². The lowest BCUT2D eigenvalue weighted by Crippen LogP contribution is -2.34. The number of hydrogen-bond acceptors (Lipinski definition) is 2. The van der Waals surface area contributed by atoms with Crippen LogP contribution in [0.1, 0.15) is 24.1 Å². The van der Waals surface area contributed by atoms with Gasteiger partial charge in [-0.1, -0.05) is 18.1 Å². The Morgan fingerprint density at radius 1 is 1.56 bits per heavy atom. The van der Waals surface area contributed by atoms with E-state index in [1.807, 2.05) is 6.92 Å². The van der Waals surface area contributed by atoms with Crippen molar-refractivity contribution in [2.75, 3.05) is 6.54 Å². The molecule has 0 bridgehead atoms. The highest BCUT2D eigenvalue weighted by Gasteiger charge is 2.12. The summed E-state index contributed by atoms with van der Waals surface area (Å²) in [5.74, 6) is 2.38. The van der Waals surface area contributed by atoms with Gasteiger partial charge in [0.05, 0.1) is 6.04 Å². The van der Waals surface area contributed by atoms with E-state index < -0.39 is 0 Å². The summed E-state index contributed by atoms with van der Waals surface area (Å²) in [4.78, 5) is 0. The average Bonchev–Trinajstić information content (AvgIpc) is 2.29. The second kappa shape index (κ2) is 5.64. The summed E-state index contributed by atoms with van der Waals surface area (Å²) in [6.07, 6.45) is 5.29. The number of nitrogens with one attached hydrogen (secondary N) is 1. The van der Waals surface area contributed by atoms with Crippen molar-refractivity contribution in [2.45, 2.75) is 25.9 Å². The maximum atomic E-state index is 13.1. The predicted octanol–water partition coefficient (Wildman–Crippen LogP) is 1.75. The summed E-state index contributed by atoms with van der Waals surface area (Å²) in [5.41, 5.74) is 7.25. The van der Waals surface area contributed by atoms with E-state index in [9.17, 15) is 4.39 Å². The molecule has 0 aliphatic carbocycles. The van der Waals surface area contributed by atoms with Crippen LogP contribution >= 0.6 is 0 Å². The van der Waals surface area contributed by atoms with Crippen molar-refractivity contribution in [1.29, 1.82) is 0 Å². The molecule has 0 saturated heterocycles. The number of nitrogens with two attached hydrogens (primary N) is 1. The Balaban J connectivity index is 2.87. The first-order valence-corrected chi connectivity index (χ1v) is 5.26. The molecule has 0 spiro atoms. The number of hydrogen-bond donors (Lipinski definition) is 2. The lowest BCUT2D eigenvalue weighted by atomic mass is 10.0. The van der Waals surface area contributed by atoms with Gasteiger partial charge in [-0.05, 0) is 31.0 Å². The fourth-order valence-corrected chi connectivity index (χ4v) is 1.53. The molecule has 16 heavy (non-hydrogen) atoms. The van der Waals surface area contributed by atoms with Crippen LogP contribution in [0.4, 0.5) is 4.39 Å². The summed E-state index contributed by atoms with van der Waals surface area (Å²) < 4.78 is 13.1. The monoisotopic (exact) mass is 220 g/mol. The van der Waals surface area contributed by atoms with Crippen LogP contribution < -0.4 is 11.1 Å². The Morgan fingerprint density at radius 3 is 2.75 bits per heavy atom. The molecule has 0 aliphatic heterocycles. The van der Waals surface area contributed by atoms with E-state index in [4.69, 9.17) is 12.2 Å². The van der Waals surface area contributed by atoms with Crippen LogP contribution in [-0.2, 0) is 0 Å². The Morgan fingerprint density at radius 2 is 2.25 bits per heavy atom. The minimum absolute atomic E-state index is 0.0367. The van der Waals surface area contributed by atoms with E-state index in [-0.39, 0.29) is 17.9 Å². The third-order valence-corrected chi connectivity index (χ3v) is 2.52. The molecule has 3 heteroatoms. The van der Waals surface area contributed by atoms with Gasteiger partial charge in [0.15, 0.2) is 0 Å². The fourth-order valence-electron chi connectivity index (χ4n) is 1.53. The third kappa shape index (κ3) is 3.06. The third-order valence-electron chi connectivity index (χ3n) is 2.52. The molecule has 1 aromatic rings. The Hall–Kier alpha value is -1.37. The summed E-state index contributed by atoms with van der Waals surface area (Å²) in [5, 5.41) is 3.20. The molecule has 2 nitrogen and oxygen atoms in total. The van der Waals surface area contributed by atoms with Gasteiger partial charge in [0.2, 0.25) is 0 Å². The topological polar surface area (TPSA) is 38.0 Å². The highest BCUT2D eigenvalue weighted by molar-refractivity contribution is 5.27. The van der Waals surface area contributed by atoms with Gasteiger partial charge in [0, 0.05) is 12.6 Å². The summed E-state index contributed by atoms with van der Waals surface area (Å²) in [7, 11) is 0. The van der Waals surface area contributed by atoms with Crippen LogP contribution in [-0.4, -0.2) is 12.6 Å². The highest BCUT2D eigenvalue weighted by Crippen LogP contribution is 2.16. The van der Waals surface area contributed by atoms with Gasteiger partial charge in [-0.15, -0.1) is 6.42 Å². The van der Waals surface area contributed by atoms with E-state index in [0.29, 0.717) is 12.1 Å². The second-order valence-electron chi connectivity index (χ2n) is 3.85. The molecular weight excluding hydrogens is 203 g/mol. The zero-order valence-electron chi connectivity index (χ0n) is 9.63. The molecule has 0 heterocycles. The Bertz CT molecular complexity index is 395. The van der Waals surface area contributed by atoms with E-state index in [1.54, 1.807) is 19.1 Å². The van der Waals surface area contributed by atoms with Crippen LogP contribution in [0.25, 0.3) is 0 Å². The maximum absolute atomic E-state index is 13.1. The Kier molecular flexibility index (Phi) is 4.48. The van der Waals surface area contributed by atoms with Gasteiger partial charge >= 0.3 is 0 Å². The van der Waals surface area contributed by atoms with Gasteiger partial charge in [-0.25, -0.2) is 4.39 Å². The van der Waals surface area contributed by atoms with Crippen LogP contribution in [0.2, 0.25) is 0 Å². The lowest BCUT2D eigenvalue weighted by Gasteiger charge is -2.20. The number of rotatable bonds is 4. The van der Waals surface area contributed by atoms with Crippen molar-refractivity contribution in [1.82, 2.24) is 5.32 Å². The summed E-state index contributed by atoms with van der Waals surface area (Å²) >= 11 is 0. The van der Waals surface area contributed by atoms with Crippen LogP contribution in [0.3, 0.4) is 0 Å². The van der Waals surface area contributed by atoms with E-state index >= 15 is 0 Å². The molecule has 0 saturated carbocycles. The molecule has 2 unspecified atom stereocenters. The second-order valence-corrected chi connectivity index (χ2v) is 3.85. The summed E-state index contributed by atoms with van der Waals surface area (Å²) in [6, 6.07) is 4.89. The zero-order chi connectivity index (χ0) is 12.1. The summed E-state index contributed by atoms with van der Waals surface area (Å²) in [6.45, 7) is 4.05. The quantitative estimate of drug-likeness (QED) is 0.759. The number of halogens is 1. The minimum Gasteiger partial charge on any atom is -0.329 e. The van der Waals surface area contributed by atoms with Crippen molar-refractivity contribution in [3.63, 3.8) is 0 Å². The zero-order valence-corrected chi connectivity index (χ0v) is 9.63. The lowest BCUT2D eigenvalue weighted by molar-refractivity contribution is 0.516. The first kappa shape index (κ1) is 12.7. The van der Waals surface area contributed by atoms with Gasteiger partial charge in [-0.2, -0.15) is 0 Å². The van der Waals surface area contributed by atoms with Gasteiger partial charge in [0.1, 0.15) is 5.82 Å². The first-order valence-electron chi connectivity index (χ1n) is 5.26. The van der Waals surface area contributed by atoms with Crippen molar-refractivity contribution >= 4 is 0 Å². The standard InChI is InChI=1S/C13H17FN2/c1-4-10(3)16-13(8-15)11-5-6-12(14)9(2)7-11/h1,5-7,10,13,16H,8,15H2,2-3H3. The van der Waals surface area contributed by atoms with Crippen LogP contribution in [0.5, 0.6) is 0 Å². The molecule has 1 rings (SSSR count). The molecule has 0 fully saturated rings. The van der Waals surface area contributed by atoms with E-state index in [2.05, 4.69) is 11.2 Å². The average molecular weight is 220 g/mol. The molecule has 0 amide bonds. The number of benzene rings is 1. The number of aryl methyl sites for hydroxylation is 1. The molecule has 0 aliphatic rings. The highest BCUT2D eigenvalue weighted by atomic mass is 19.1. The Labute approximate surface area is 96.0 Å². The van der Waals surface area contributed by atoms with Crippen LogP contribution in [0, 0.1) is 25.1 Å². The largest absolute Gasteiger partial charge is 0.329 e. The first-order chi connectivity index (χ1) is 7.58. The van der Waals surface area contributed by atoms with E-state index in [1.165, 1.54) is 6.07 Å². The molecule has 3 N–H and O–H groups in total. The van der Waals surface area contributed by atoms with Crippen molar-refractivity contribution in [3.05, 3.63) is 35.1 Å². The normalized spacial score (nSPS) is 14.2. The molecule has 0 radical (unpaired) electrons. The van der Waals surface area contributed by atoms with Gasteiger partial charge < -0.3 is 5.73 Å².